The average Bonchev–Trinajstić information content (AvgIpc) is 2.74. The maximum absolute atomic E-state index is 13.8. The predicted octanol–water partition coefficient (Wildman–Crippen LogP) is 3.75. The first kappa shape index (κ1) is 14.3. The van der Waals surface area contributed by atoms with E-state index >= 15 is 0 Å². The maximum Gasteiger partial charge on any atom is 0.200 e. The van der Waals surface area contributed by atoms with Gasteiger partial charge in [0.15, 0.2) is 11.6 Å². The van der Waals surface area contributed by atoms with Gasteiger partial charge >= 0.3 is 0 Å². The Balaban J connectivity index is 2.36. The van der Waals surface area contributed by atoms with E-state index in [0.29, 0.717) is 18.1 Å². The van der Waals surface area contributed by atoms with Gasteiger partial charge in [0.05, 0.1) is 19.8 Å². The fourth-order valence-corrected chi connectivity index (χ4v) is 2.97. The minimum atomic E-state index is -0.916. The zero-order valence-corrected chi connectivity index (χ0v) is 11.7. The topological polar surface area (TPSA) is 18.5 Å². The SMILES string of the molecule is COc1c([C@@H]2CO[C@H](C(C)C)[C@H]2C)ccc(F)c1F. The minimum Gasteiger partial charge on any atom is -0.493 e. The van der Waals surface area contributed by atoms with Gasteiger partial charge in [-0.05, 0) is 17.9 Å². The molecule has 0 N–H and O–H groups in total. The largest absolute Gasteiger partial charge is 0.493 e. The lowest BCUT2D eigenvalue weighted by Crippen LogP contribution is -2.22. The number of halogens is 2. The molecule has 106 valence electrons. The second-order valence-electron chi connectivity index (χ2n) is 5.49. The third-order valence-electron chi connectivity index (χ3n) is 3.96. The fraction of sp³-hybridized carbons (Fsp3) is 0.600. The molecule has 1 aromatic rings. The Bertz CT molecular complexity index is 460. The van der Waals surface area contributed by atoms with E-state index < -0.39 is 11.6 Å². The van der Waals surface area contributed by atoms with Crippen LogP contribution < -0.4 is 4.74 Å². The summed E-state index contributed by atoms with van der Waals surface area (Å²) in [4.78, 5) is 0. The van der Waals surface area contributed by atoms with Crippen molar-refractivity contribution in [3.8, 4) is 5.75 Å². The molecule has 1 fully saturated rings. The van der Waals surface area contributed by atoms with Gasteiger partial charge in [-0.2, -0.15) is 4.39 Å². The van der Waals surface area contributed by atoms with Crippen molar-refractivity contribution in [1.82, 2.24) is 0 Å². The van der Waals surface area contributed by atoms with E-state index in [1.54, 1.807) is 6.07 Å². The summed E-state index contributed by atoms with van der Waals surface area (Å²) in [5, 5.41) is 0. The van der Waals surface area contributed by atoms with Crippen molar-refractivity contribution in [2.75, 3.05) is 13.7 Å². The third kappa shape index (κ3) is 2.46. The highest BCUT2D eigenvalue weighted by Crippen LogP contribution is 2.42. The number of ether oxygens (including phenoxy) is 2. The molecule has 0 saturated carbocycles. The van der Waals surface area contributed by atoms with Gasteiger partial charge in [0.25, 0.3) is 0 Å². The van der Waals surface area contributed by atoms with Gasteiger partial charge in [-0.25, -0.2) is 4.39 Å². The molecule has 0 spiro atoms. The van der Waals surface area contributed by atoms with Crippen LogP contribution in [0.4, 0.5) is 8.78 Å². The van der Waals surface area contributed by atoms with Crippen molar-refractivity contribution in [3.63, 3.8) is 0 Å². The molecule has 0 aliphatic carbocycles. The van der Waals surface area contributed by atoms with Crippen LogP contribution in [0.5, 0.6) is 5.75 Å². The highest BCUT2D eigenvalue weighted by Gasteiger charge is 2.38. The van der Waals surface area contributed by atoms with Crippen LogP contribution in [0.25, 0.3) is 0 Å². The van der Waals surface area contributed by atoms with E-state index in [0.717, 1.165) is 6.07 Å². The zero-order chi connectivity index (χ0) is 14.2. The molecule has 4 heteroatoms. The van der Waals surface area contributed by atoms with Gasteiger partial charge in [-0.3, -0.25) is 0 Å². The Hall–Kier alpha value is -1.16. The van der Waals surface area contributed by atoms with Crippen molar-refractivity contribution in [1.29, 1.82) is 0 Å². The Morgan fingerprint density at radius 1 is 1.32 bits per heavy atom. The van der Waals surface area contributed by atoms with Crippen LogP contribution >= 0.6 is 0 Å². The van der Waals surface area contributed by atoms with Gasteiger partial charge < -0.3 is 9.47 Å². The van der Waals surface area contributed by atoms with Crippen molar-refractivity contribution in [2.45, 2.75) is 32.8 Å². The lowest BCUT2D eigenvalue weighted by molar-refractivity contribution is 0.0576. The van der Waals surface area contributed by atoms with Gasteiger partial charge in [-0.1, -0.05) is 26.8 Å². The van der Waals surface area contributed by atoms with Crippen LogP contribution in [0, 0.1) is 23.5 Å². The molecule has 2 nitrogen and oxygen atoms in total. The van der Waals surface area contributed by atoms with E-state index in [1.165, 1.54) is 7.11 Å². The molecule has 1 heterocycles. The first-order valence-corrected chi connectivity index (χ1v) is 6.60. The first-order valence-electron chi connectivity index (χ1n) is 6.60. The van der Waals surface area contributed by atoms with Crippen molar-refractivity contribution in [3.05, 3.63) is 29.3 Å². The quantitative estimate of drug-likeness (QED) is 0.833. The average molecular weight is 270 g/mol. The Morgan fingerprint density at radius 2 is 2.00 bits per heavy atom. The van der Waals surface area contributed by atoms with Crippen LogP contribution in [0.3, 0.4) is 0 Å². The lowest BCUT2D eigenvalue weighted by atomic mass is 9.83. The molecule has 0 aromatic heterocycles. The zero-order valence-electron chi connectivity index (χ0n) is 11.7. The van der Waals surface area contributed by atoms with Crippen LogP contribution in [0.1, 0.15) is 32.3 Å². The van der Waals surface area contributed by atoms with Crippen LogP contribution in [0.15, 0.2) is 12.1 Å². The van der Waals surface area contributed by atoms with E-state index in [2.05, 4.69) is 20.8 Å². The molecule has 1 saturated heterocycles. The Labute approximate surface area is 112 Å². The highest BCUT2D eigenvalue weighted by molar-refractivity contribution is 5.39. The van der Waals surface area contributed by atoms with Crippen LogP contribution in [-0.4, -0.2) is 19.8 Å². The molecule has 1 aromatic carbocycles. The summed E-state index contributed by atoms with van der Waals surface area (Å²) in [5.74, 6) is -1.11. The summed E-state index contributed by atoms with van der Waals surface area (Å²) < 4.78 is 37.8. The molecule has 0 radical (unpaired) electrons. The van der Waals surface area contributed by atoms with E-state index in [-0.39, 0.29) is 23.7 Å². The number of hydrogen-bond donors (Lipinski definition) is 0. The summed E-state index contributed by atoms with van der Waals surface area (Å²) in [6, 6.07) is 2.76. The smallest absolute Gasteiger partial charge is 0.200 e. The summed E-state index contributed by atoms with van der Waals surface area (Å²) in [7, 11) is 1.36. The molecule has 1 aliphatic rings. The molecule has 19 heavy (non-hydrogen) atoms. The molecular weight excluding hydrogens is 250 g/mol. The van der Waals surface area contributed by atoms with Crippen molar-refractivity contribution >= 4 is 0 Å². The number of hydrogen-bond acceptors (Lipinski definition) is 2. The van der Waals surface area contributed by atoms with Crippen molar-refractivity contribution < 1.29 is 18.3 Å². The monoisotopic (exact) mass is 270 g/mol. The van der Waals surface area contributed by atoms with Crippen LogP contribution in [-0.2, 0) is 4.74 Å². The summed E-state index contributed by atoms with van der Waals surface area (Å²) in [6.45, 7) is 6.81. The molecule has 0 amide bonds. The number of rotatable bonds is 3. The normalized spacial score (nSPS) is 27.0. The van der Waals surface area contributed by atoms with E-state index in [1.807, 2.05) is 0 Å². The molecule has 2 rings (SSSR count). The van der Waals surface area contributed by atoms with Gasteiger partial charge in [-0.15, -0.1) is 0 Å². The fourth-order valence-electron chi connectivity index (χ4n) is 2.97. The van der Waals surface area contributed by atoms with Gasteiger partial charge in [0, 0.05) is 11.5 Å². The second-order valence-corrected chi connectivity index (χ2v) is 5.49. The highest BCUT2D eigenvalue weighted by atomic mass is 19.2. The summed E-state index contributed by atoms with van der Waals surface area (Å²) >= 11 is 0. The molecule has 1 aliphatic heterocycles. The Kier molecular flexibility index (Phi) is 4.09. The summed E-state index contributed by atoms with van der Waals surface area (Å²) in [6.07, 6.45) is 0.142. The van der Waals surface area contributed by atoms with Gasteiger partial charge in [0.2, 0.25) is 5.82 Å². The standard InChI is InChI=1S/C15H20F2O2/c1-8(2)14-9(3)11(7-19-14)10-5-6-12(16)13(17)15(10)18-4/h5-6,8-9,11,14H,7H2,1-4H3/t9-,11+,14+/m0/s1. The first-order chi connectivity index (χ1) is 8.97. The lowest BCUT2D eigenvalue weighted by Gasteiger charge is -2.22. The maximum atomic E-state index is 13.8. The number of benzene rings is 1. The number of methoxy groups -OCH3 is 1. The summed E-state index contributed by atoms with van der Waals surface area (Å²) in [5.41, 5.74) is 0.692. The molecule has 3 atom stereocenters. The Morgan fingerprint density at radius 3 is 2.53 bits per heavy atom. The molecule has 0 unspecified atom stereocenters. The third-order valence-corrected chi connectivity index (χ3v) is 3.96. The molecule has 0 bridgehead atoms. The minimum absolute atomic E-state index is 0.00450. The second kappa shape index (κ2) is 5.45. The predicted molar refractivity (Wildman–Crippen MR) is 69.4 cm³/mol. The van der Waals surface area contributed by atoms with Crippen LogP contribution in [0.2, 0.25) is 0 Å². The van der Waals surface area contributed by atoms with E-state index in [9.17, 15) is 8.78 Å². The van der Waals surface area contributed by atoms with Gasteiger partial charge in [0.1, 0.15) is 0 Å². The van der Waals surface area contributed by atoms with Crippen molar-refractivity contribution in [2.24, 2.45) is 11.8 Å². The molecular formula is C15H20F2O2. The van der Waals surface area contributed by atoms with E-state index in [4.69, 9.17) is 9.47 Å².